The van der Waals surface area contributed by atoms with E-state index in [0.717, 1.165) is 17.9 Å². The lowest BCUT2D eigenvalue weighted by atomic mass is 10.2. The number of anilines is 1. The Balaban J connectivity index is 1.87. The van der Waals surface area contributed by atoms with Crippen LogP contribution in [0.15, 0.2) is 42.7 Å². The van der Waals surface area contributed by atoms with Gasteiger partial charge >= 0.3 is 0 Å². The number of nitrogens with one attached hydrogen (secondary N) is 2. The average Bonchev–Trinajstić information content (AvgIpc) is 3.17. The van der Waals surface area contributed by atoms with Crippen molar-refractivity contribution >= 4 is 5.95 Å². The molecular weight excluding hydrogens is 254 g/mol. The Kier molecular flexibility index (Phi) is 3.40. The first-order valence-corrected chi connectivity index (χ1v) is 6.48. The lowest BCUT2D eigenvalue weighted by Gasteiger charge is -2.15. The van der Waals surface area contributed by atoms with Crippen LogP contribution in [0.4, 0.5) is 5.95 Å². The molecule has 102 valence electrons. The molecule has 7 heteroatoms. The quantitative estimate of drug-likeness (QED) is 0.739. The van der Waals surface area contributed by atoms with Gasteiger partial charge in [-0.1, -0.05) is 30.2 Å². The zero-order valence-corrected chi connectivity index (χ0v) is 11.1. The maximum atomic E-state index is 4.27. The van der Waals surface area contributed by atoms with Crippen molar-refractivity contribution in [3.63, 3.8) is 0 Å². The third-order valence-electron chi connectivity index (χ3n) is 3.03. The highest BCUT2D eigenvalue weighted by molar-refractivity contribution is 5.39. The second-order valence-electron chi connectivity index (χ2n) is 4.33. The van der Waals surface area contributed by atoms with E-state index in [-0.39, 0.29) is 6.04 Å². The standard InChI is InChI=1S/C13H15N7/c1-2-11(12-14-8-9-15-12)16-13-17-18-19-20(13)10-6-4-3-5-7-10/h3-9,11H,2H2,1H3,(H,14,15)(H,16,17,19). The number of hydrogen-bond donors (Lipinski definition) is 2. The van der Waals surface area contributed by atoms with E-state index < -0.39 is 0 Å². The molecule has 2 N–H and O–H groups in total. The maximum absolute atomic E-state index is 4.27. The lowest BCUT2D eigenvalue weighted by Crippen LogP contribution is -2.15. The van der Waals surface area contributed by atoms with Crippen LogP contribution in [0.2, 0.25) is 0 Å². The molecule has 2 heterocycles. The van der Waals surface area contributed by atoms with Crippen LogP contribution in [-0.4, -0.2) is 30.2 Å². The molecule has 7 nitrogen and oxygen atoms in total. The molecule has 0 radical (unpaired) electrons. The minimum Gasteiger partial charge on any atom is -0.347 e. The summed E-state index contributed by atoms with van der Waals surface area (Å²) in [6.45, 7) is 2.08. The van der Waals surface area contributed by atoms with Gasteiger partial charge in [0.25, 0.3) is 0 Å². The third-order valence-corrected chi connectivity index (χ3v) is 3.03. The maximum Gasteiger partial charge on any atom is 0.248 e. The molecule has 0 bridgehead atoms. The minimum atomic E-state index is 0.0402. The molecule has 2 aromatic heterocycles. The number of H-pyrrole nitrogens is 1. The normalized spacial score (nSPS) is 12.2. The molecule has 0 aliphatic heterocycles. The summed E-state index contributed by atoms with van der Waals surface area (Å²) in [6, 6.07) is 9.80. The zero-order chi connectivity index (χ0) is 13.8. The van der Waals surface area contributed by atoms with Crippen LogP contribution in [-0.2, 0) is 0 Å². The Morgan fingerprint density at radius 1 is 1.30 bits per heavy atom. The Morgan fingerprint density at radius 3 is 2.85 bits per heavy atom. The van der Waals surface area contributed by atoms with E-state index in [2.05, 4.69) is 37.7 Å². The van der Waals surface area contributed by atoms with Gasteiger partial charge in [-0.05, 0) is 29.0 Å². The second-order valence-corrected chi connectivity index (χ2v) is 4.33. The van der Waals surface area contributed by atoms with E-state index in [4.69, 9.17) is 0 Å². The Morgan fingerprint density at radius 2 is 2.15 bits per heavy atom. The summed E-state index contributed by atoms with van der Waals surface area (Å²) in [7, 11) is 0. The van der Waals surface area contributed by atoms with Gasteiger partial charge in [0.1, 0.15) is 5.82 Å². The van der Waals surface area contributed by atoms with E-state index in [1.807, 2.05) is 30.3 Å². The second kappa shape index (κ2) is 5.52. The number of para-hydroxylation sites is 1. The average molecular weight is 269 g/mol. The first-order chi connectivity index (χ1) is 9.88. The minimum absolute atomic E-state index is 0.0402. The monoisotopic (exact) mass is 269 g/mol. The number of hydrogen-bond acceptors (Lipinski definition) is 5. The zero-order valence-electron chi connectivity index (χ0n) is 11.1. The highest BCUT2D eigenvalue weighted by Crippen LogP contribution is 2.19. The summed E-state index contributed by atoms with van der Waals surface area (Å²) in [5.41, 5.74) is 0.911. The summed E-state index contributed by atoms with van der Waals surface area (Å²) < 4.78 is 1.67. The Labute approximate surface area is 116 Å². The molecule has 1 aromatic carbocycles. The largest absolute Gasteiger partial charge is 0.347 e. The van der Waals surface area contributed by atoms with Crippen LogP contribution >= 0.6 is 0 Å². The fourth-order valence-corrected chi connectivity index (χ4v) is 2.01. The van der Waals surface area contributed by atoms with Crippen molar-refractivity contribution in [2.24, 2.45) is 0 Å². The van der Waals surface area contributed by atoms with Crippen LogP contribution in [0.5, 0.6) is 0 Å². The van der Waals surface area contributed by atoms with Crippen LogP contribution in [0.25, 0.3) is 5.69 Å². The molecule has 1 unspecified atom stereocenters. The van der Waals surface area contributed by atoms with Gasteiger partial charge in [-0.2, -0.15) is 4.68 Å². The van der Waals surface area contributed by atoms with Crippen LogP contribution < -0.4 is 5.32 Å². The van der Waals surface area contributed by atoms with Gasteiger partial charge < -0.3 is 10.3 Å². The molecule has 3 rings (SSSR count). The lowest BCUT2D eigenvalue weighted by molar-refractivity contribution is 0.688. The van der Waals surface area contributed by atoms with Gasteiger partial charge in [0.15, 0.2) is 0 Å². The number of tetrazole rings is 1. The predicted octanol–water partition coefficient (Wildman–Crippen LogP) is 1.95. The van der Waals surface area contributed by atoms with E-state index >= 15 is 0 Å². The molecule has 1 atom stereocenters. The highest BCUT2D eigenvalue weighted by Gasteiger charge is 2.16. The number of rotatable bonds is 5. The molecule has 0 saturated heterocycles. The van der Waals surface area contributed by atoms with Gasteiger partial charge in [0, 0.05) is 12.4 Å². The number of nitrogens with zero attached hydrogens (tertiary/aromatic N) is 5. The van der Waals surface area contributed by atoms with Crippen molar-refractivity contribution in [1.82, 2.24) is 30.2 Å². The topological polar surface area (TPSA) is 84.3 Å². The van der Waals surface area contributed by atoms with Crippen molar-refractivity contribution in [3.8, 4) is 5.69 Å². The summed E-state index contributed by atoms with van der Waals surface area (Å²) in [5.74, 6) is 1.47. The molecular formula is C13H15N7. The molecule has 3 aromatic rings. The molecule has 0 amide bonds. The van der Waals surface area contributed by atoms with Crippen molar-refractivity contribution in [2.45, 2.75) is 19.4 Å². The summed E-state index contributed by atoms with van der Waals surface area (Å²) >= 11 is 0. The van der Waals surface area contributed by atoms with Crippen molar-refractivity contribution in [1.29, 1.82) is 0 Å². The van der Waals surface area contributed by atoms with E-state index in [0.29, 0.717) is 5.95 Å². The summed E-state index contributed by atoms with van der Waals surface area (Å²) in [5, 5.41) is 15.1. The van der Waals surface area contributed by atoms with E-state index in [1.54, 1.807) is 17.1 Å². The molecule has 0 aliphatic carbocycles. The highest BCUT2D eigenvalue weighted by atomic mass is 15.6. The molecule has 0 aliphatic rings. The predicted molar refractivity (Wildman–Crippen MR) is 74.4 cm³/mol. The van der Waals surface area contributed by atoms with Gasteiger partial charge in [0.05, 0.1) is 11.7 Å². The van der Waals surface area contributed by atoms with Gasteiger partial charge in [0.2, 0.25) is 5.95 Å². The molecule has 0 fully saturated rings. The van der Waals surface area contributed by atoms with Crippen molar-refractivity contribution < 1.29 is 0 Å². The van der Waals surface area contributed by atoms with Gasteiger partial charge in [-0.3, -0.25) is 0 Å². The SMILES string of the molecule is CCC(Nc1nnnn1-c1ccccc1)c1ncc[nH]1. The smallest absolute Gasteiger partial charge is 0.248 e. The summed E-state index contributed by atoms with van der Waals surface area (Å²) in [6.07, 6.45) is 4.41. The number of aromatic nitrogens is 6. The van der Waals surface area contributed by atoms with Crippen molar-refractivity contribution in [3.05, 3.63) is 48.5 Å². The van der Waals surface area contributed by atoms with Gasteiger partial charge in [-0.25, -0.2) is 4.98 Å². The number of benzene rings is 1. The number of aromatic amines is 1. The third kappa shape index (κ3) is 2.37. The van der Waals surface area contributed by atoms with Gasteiger partial charge in [-0.15, -0.1) is 0 Å². The molecule has 0 saturated carbocycles. The van der Waals surface area contributed by atoms with Crippen molar-refractivity contribution in [2.75, 3.05) is 5.32 Å². The fourth-order valence-electron chi connectivity index (χ4n) is 2.01. The first-order valence-electron chi connectivity index (χ1n) is 6.48. The first kappa shape index (κ1) is 12.3. The van der Waals surface area contributed by atoms with Crippen LogP contribution in [0.1, 0.15) is 25.2 Å². The van der Waals surface area contributed by atoms with Crippen LogP contribution in [0, 0.1) is 0 Å². The fraction of sp³-hybridized carbons (Fsp3) is 0.231. The van der Waals surface area contributed by atoms with E-state index in [9.17, 15) is 0 Å². The Hall–Kier alpha value is -2.70. The summed E-state index contributed by atoms with van der Waals surface area (Å²) in [4.78, 5) is 7.38. The number of imidazole rings is 1. The molecule has 20 heavy (non-hydrogen) atoms. The Bertz CT molecular complexity index is 644. The van der Waals surface area contributed by atoms with Crippen LogP contribution in [0.3, 0.4) is 0 Å². The van der Waals surface area contributed by atoms with E-state index in [1.165, 1.54) is 0 Å². The molecule has 0 spiro atoms.